The van der Waals surface area contributed by atoms with Gasteiger partial charge in [0.1, 0.15) is 0 Å². The normalized spacial score (nSPS) is 12.8. The number of benzene rings is 1. The average molecular weight is 249 g/mol. The molecule has 0 fully saturated rings. The first kappa shape index (κ1) is 14.2. The minimum atomic E-state index is -0.932. The third-order valence-electron chi connectivity index (χ3n) is 2.57. The lowest BCUT2D eigenvalue weighted by Crippen LogP contribution is -2.38. The average Bonchev–Trinajstić information content (AvgIpc) is 2.27. The second-order valence-corrected chi connectivity index (χ2v) is 5.28. The molecule has 0 heterocycles. The lowest BCUT2D eigenvalue weighted by molar-refractivity contribution is -0.138. The van der Waals surface area contributed by atoms with Crippen LogP contribution >= 0.6 is 0 Å². The molecule has 0 spiro atoms. The van der Waals surface area contributed by atoms with E-state index in [1.54, 1.807) is 20.8 Å². The molecule has 1 aromatic rings. The molecular weight excluding hydrogens is 230 g/mol. The van der Waals surface area contributed by atoms with Crippen molar-refractivity contribution in [3.05, 3.63) is 35.9 Å². The molecule has 0 aliphatic heterocycles. The topological polar surface area (TPSA) is 66.4 Å². The van der Waals surface area contributed by atoms with E-state index >= 15 is 0 Å². The fourth-order valence-corrected chi connectivity index (χ4v) is 1.49. The summed E-state index contributed by atoms with van der Waals surface area (Å²) < 4.78 is 0. The number of carbonyl (C=O) groups is 2. The highest BCUT2D eigenvalue weighted by atomic mass is 16.4. The number of rotatable bonds is 4. The number of aliphatic carboxylic acids is 1. The minimum absolute atomic E-state index is 0.119. The minimum Gasteiger partial charge on any atom is -0.481 e. The van der Waals surface area contributed by atoms with Crippen LogP contribution in [0.15, 0.2) is 30.3 Å². The van der Waals surface area contributed by atoms with Gasteiger partial charge in [0.15, 0.2) is 0 Å². The van der Waals surface area contributed by atoms with Gasteiger partial charge in [-0.1, -0.05) is 51.1 Å². The maximum atomic E-state index is 11.9. The molecule has 0 aliphatic carbocycles. The largest absolute Gasteiger partial charge is 0.481 e. The van der Waals surface area contributed by atoms with Crippen LogP contribution in [0, 0.1) is 5.41 Å². The second kappa shape index (κ2) is 5.67. The van der Waals surface area contributed by atoms with Crippen LogP contribution in [0.3, 0.4) is 0 Å². The summed E-state index contributed by atoms with van der Waals surface area (Å²) in [4.78, 5) is 22.8. The molecule has 4 heteroatoms. The molecule has 2 N–H and O–H groups in total. The summed E-state index contributed by atoms with van der Waals surface area (Å²) >= 11 is 0. The molecule has 0 aliphatic rings. The zero-order valence-electron chi connectivity index (χ0n) is 10.9. The lowest BCUT2D eigenvalue weighted by Gasteiger charge is -2.23. The number of hydrogen-bond acceptors (Lipinski definition) is 2. The molecule has 1 rings (SSSR count). The molecule has 0 bridgehead atoms. The van der Waals surface area contributed by atoms with E-state index in [0.29, 0.717) is 0 Å². The van der Waals surface area contributed by atoms with E-state index in [1.165, 1.54) is 0 Å². The Morgan fingerprint density at radius 2 is 1.78 bits per heavy atom. The molecule has 1 amide bonds. The standard InChI is InChI=1S/C14H19NO3/c1-14(2,3)13(18)15-11(9-12(16)17)10-7-5-4-6-8-10/h4-8,11H,9H2,1-3H3,(H,15,18)(H,16,17)/t11-/m1/s1. The summed E-state index contributed by atoms with van der Waals surface area (Å²) in [5.74, 6) is -1.09. The molecule has 4 nitrogen and oxygen atoms in total. The number of hydrogen-bond donors (Lipinski definition) is 2. The summed E-state index contributed by atoms with van der Waals surface area (Å²) in [5.41, 5.74) is 0.267. The number of nitrogens with one attached hydrogen (secondary N) is 1. The quantitative estimate of drug-likeness (QED) is 0.860. The molecule has 0 aromatic heterocycles. The van der Waals surface area contributed by atoms with Crippen LogP contribution in [0.2, 0.25) is 0 Å². The summed E-state index contributed by atoms with van der Waals surface area (Å²) in [6.45, 7) is 5.39. The highest BCUT2D eigenvalue weighted by Gasteiger charge is 2.25. The number of amides is 1. The maximum Gasteiger partial charge on any atom is 0.305 e. The van der Waals surface area contributed by atoms with E-state index < -0.39 is 17.4 Å². The SMILES string of the molecule is CC(C)(C)C(=O)N[C@H](CC(=O)O)c1ccccc1. The van der Waals surface area contributed by atoms with Gasteiger partial charge < -0.3 is 10.4 Å². The number of carbonyl (C=O) groups excluding carboxylic acids is 1. The molecule has 0 saturated carbocycles. The van der Waals surface area contributed by atoms with Gasteiger partial charge in [-0.05, 0) is 5.56 Å². The predicted molar refractivity (Wildman–Crippen MR) is 69.0 cm³/mol. The molecule has 0 radical (unpaired) electrons. The summed E-state index contributed by atoms with van der Waals surface area (Å²) in [5, 5.41) is 11.7. The van der Waals surface area contributed by atoms with Gasteiger partial charge in [0.05, 0.1) is 12.5 Å². The first-order valence-corrected chi connectivity index (χ1v) is 5.88. The van der Waals surface area contributed by atoms with Crippen LogP contribution in [0.1, 0.15) is 38.8 Å². The van der Waals surface area contributed by atoms with E-state index in [4.69, 9.17) is 5.11 Å². The molecule has 1 atom stereocenters. The van der Waals surface area contributed by atoms with Gasteiger partial charge in [-0.2, -0.15) is 0 Å². The molecule has 0 unspecified atom stereocenters. The van der Waals surface area contributed by atoms with Crippen molar-refractivity contribution < 1.29 is 14.7 Å². The van der Waals surface area contributed by atoms with Crippen molar-refractivity contribution in [3.8, 4) is 0 Å². The second-order valence-electron chi connectivity index (χ2n) is 5.28. The smallest absolute Gasteiger partial charge is 0.305 e. The van der Waals surface area contributed by atoms with Crippen molar-refractivity contribution in [1.29, 1.82) is 0 Å². The van der Waals surface area contributed by atoms with Crippen molar-refractivity contribution in [3.63, 3.8) is 0 Å². The Hall–Kier alpha value is -1.84. The Labute approximate surface area is 107 Å². The van der Waals surface area contributed by atoms with Crippen LogP contribution < -0.4 is 5.32 Å². The van der Waals surface area contributed by atoms with Gasteiger partial charge >= 0.3 is 5.97 Å². The predicted octanol–water partition coefficient (Wildman–Crippen LogP) is 2.36. The summed E-state index contributed by atoms with van der Waals surface area (Å²) in [6, 6.07) is 8.65. The fourth-order valence-electron chi connectivity index (χ4n) is 1.49. The van der Waals surface area contributed by atoms with Crippen LogP contribution in [0.25, 0.3) is 0 Å². The molecule has 1 aromatic carbocycles. The summed E-state index contributed by atoms with van der Waals surface area (Å²) in [7, 11) is 0. The van der Waals surface area contributed by atoms with Crippen molar-refractivity contribution in [1.82, 2.24) is 5.32 Å². The molecule has 98 valence electrons. The third kappa shape index (κ3) is 4.20. The summed E-state index contributed by atoms with van der Waals surface area (Å²) in [6.07, 6.45) is -0.119. The Morgan fingerprint density at radius 3 is 2.22 bits per heavy atom. The Kier molecular flexibility index (Phi) is 4.48. The van der Waals surface area contributed by atoms with E-state index in [0.717, 1.165) is 5.56 Å². The monoisotopic (exact) mass is 249 g/mol. The molecular formula is C14H19NO3. The van der Waals surface area contributed by atoms with E-state index in [9.17, 15) is 9.59 Å². The zero-order valence-corrected chi connectivity index (χ0v) is 10.9. The molecule has 0 saturated heterocycles. The van der Waals surface area contributed by atoms with Crippen LogP contribution in [-0.2, 0) is 9.59 Å². The van der Waals surface area contributed by atoms with Gasteiger partial charge in [-0.15, -0.1) is 0 Å². The Morgan fingerprint density at radius 1 is 1.22 bits per heavy atom. The first-order chi connectivity index (χ1) is 8.30. The van der Waals surface area contributed by atoms with E-state index in [1.807, 2.05) is 30.3 Å². The van der Waals surface area contributed by atoms with Gasteiger partial charge in [0, 0.05) is 5.41 Å². The number of carboxylic acids is 1. The fraction of sp³-hybridized carbons (Fsp3) is 0.429. The number of carboxylic acid groups (broad SMARTS) is 1. The van der Waals surface area contributed by atoms with E-state index in [2.05, 4.69) is 5.32 Å². The maximum absolute atomic E-state index is 11.9. The lowest BCUT2D eigenvalue weighted by atomic mass is 9.94. The van der Waals surface area contributed by atoms with Crippen LogP contribution in [-0.4, -0.2) is 17.0 Å². The van der Waals surface area contributed by atoms with Gasteiger partial charge in [0.25, 0.3) is 0 Å². The highest BCUT2D eigenvalue weighted by Crippen LogP contribution is 2.20. The van der Waals surface area contributed by atoms with Gasteiger partial charge in [0.2, 0.25) is 5.91 Å². The van der Waals surface area contributed by atoms with Crippen LogP contribution in [0.5, 0.6) is 0 Å². The first-order valence-electron chi connectivity index (χ1n) is 5.88. The van der Waals surface area contributed by atoms with Gasteiger partial charge in [-0.3, -0.25) is 9.59 Å². The van der Waals surface area contributed by atoms with Crippen LogP contribution in [0.4, 0.5) is 0 Å². The van der Waals surface area contributed by atoms with E-state index in [-0.39, 0.29) is 12.3 Å². The Balaban J connectivity index is 2.87. The van der Waals surface area contributed by atoms with Gasteiger partial charge in [-0.25, -0.2) is 0 Å². The zero-order chi connectivity index (χ0) is 13.8. The van der Waals surface area contributed by atoms with Crippen molar-refractivity contribution >= 4 is 11.9 Å². The Bertz CT molecular complexity index is 420. The van der Waals surface area contributed by atoms with Crippen molar-refractivity contribution in [2.24, 2.45) is 5.41 Å². The third-order valence-corrected chi connectivity index (χ3v) is 2.57. The molecule has 18 heavy (non-hydrogen) atoms. The highest BCUT2D eigenvalue weighted by molar-refractivity contribution is 5.82. The van der Waals surface area contributed by atoms with Crippen molar-refractivity contribution in [2.45, 2.75) is 33.2 Å². The van der Waals surface area contributed by atoms with Crippen molar-refractivity contribution in [2.75, 3.05) is 0 Å².